The Bertz CT molecular complexity index is 217. The molecular formula is C10H14O. The monoisotopic (exact) mass is 150 g/mol. The lowest BCUT2D eigenvalue weighted by Crippen LogP contribution is -2.23. The first-order valence-corrected chi connectivity index (χ1v) is 4.39. The van der Waals surface area contributed by atoms with E-state index in [2.05, 4.69) is 19.1 Å². The largest absolute Gasteiger partial charge is 0.300 e. The zero-order valence-corrected chi connectivity index (χ0v) is 7.08. The third-order valence-electron chi connectivity index (χ3n) is 3.32. The molecule has 11 heavy (non-hydrogen) atoms. The van der Waals surface area contributed by atoms with E-state index in [1.807, 2.05) is 0 Å². The Kier molecular flexibility index (Phi) is 1.41. The first-order valence-electron chi connectivity index (χ1n) is 4.39. The Hall–Kier alpha value is -0.590. The van der Waals surface area contributed by atoms with Crippen LogP contribution in [-0.4, -0.2) is 5.78 Å². The van der Waals surface area contributed by atoms with Crippen LogP contribution in [0.4, 0.5) is 0 Å². The van der Waals surface area contributed by atoms with Gasteiger partial charge in [0, 0.05) is 5.92 Å². The molecule has 0 spiro atoms. The van der Waals surface area contributed by atoms with E-state index < -0.39 is 0 Å². The van der Waals surface area contributed by atoms with Crippen LogP contribution in [0.2, 0.25) is 0 Å². The number of hydrogen-bond acceptors (Lipinski definition) is 1. The summed E-state index contributed by atoms with van der Waals surface area (Å²) in [6, 6.07) is 0. The molecule has 2 rings (SSSR count). The fraction of sp³-hybridized carbons (Fsp3) is 0.700. The molecule has 2 aliphatic rings. The lowest BCUT2D eigenvalue weighted by Gasteiger charge is -2.21. The number of hydrogen-bond donors (Lipinski definition) is 0. The number of carbonyl (C=O) groups is 1. The molecule has 0 amide bonds. The van der Waals surface area contributed by atoms with E-state index in [0.29, 0.717) is 29.5 Å². The van der Waals surface area contributed by atoms with Crippen molar-refractivity contribution in [3.05, 3.63) is 12.2 Å². The summed E-state index contributed by atoms with van der Waals surface area (Å²) in [6.07, 6.45) is 5.75. The van der Waals surface area contributed by atoms with Crippen molar-refractivity contribution in [3.63, 3.8) is 0 Å². The Balaban J connectivity index is 2.25. The van der Waals surface area contributed by atoms with E-state index >= 15 is 0 Å². The minimum Gasteiger partial charge on any atom is -0.300 e. The van der Waals surface area contributed by atoms with Gasteiger partial charge in [-0.1, -0.05) is 19.1 Å². The molecule has 1 fully saturated rings. The Morgan fingerprint density at radius 3 is 2.36 bits per heavy atom. The second-order valence-electron chi connectivity index (χ2n) is 3.94. The molecule has 0 saturated heterocycles. The average molecular weight is 150 g/mol. The molecule has 0 radical (unpaired) electrons. The molecule has 0 N–H and O–H groups in total. The van der Waals surface area contributed by atoms with Crippen LogP contribution in [0.25, 0.3) is 0 Å². The maximum absolute atomic E-state index is 11.2. The van der Waals surface area contributed by atoms with Gasteiger partial charge in [0.1, 0.15) is 5.78 Å². The van der Waals surface area contributed by atoms with Gasteiger partial charge in [-0.2, -0.15) is 0 Å². The molecule has 0 aliphatic heterocycles. The van der Waals surface area contributed by atoms with Gasteiger partial charge in [-0.15, -0.1) is 0 Å². The predicted molar refractivity (Wildman–Crippen MR) is 44.1 cm³/mol. The van der Waals surface area contributed by atoms with Crippen LogP contribution in [0, 0.1) is 23.7 Å². The summed E-state index contributed by atoms with van der Waals surface area (Å²) in [5, 5.41) is 0. The van der Waals surface area contributed by atoms with Crippen molar-refractivity contribution in [2.45, 2.75) is 20.3 Å². The van der Waals surface area contributed by atoms with Crippen molar-refractivity contribution in [3.8, 4) is 0 Å². The van der Waals surface area contributed by atoms with Crippen LogP contribution in [0.3, 0.4) is 0 Å². The highest BCUT2D eigenvalue weighted by molar-refractivity contribution is 5.80. The van der Waals surface area contributed by atoms with Crippen LogP contribution in [0.15, 0.2) is 12.2 Å². The van der Waals surface area contributed by atoms with Crippen LogP contribution in [0.1, 0.15) is 20.3 Å². The van der Waals surface area contributed by atoms with Crippen molar-refractivity contribution in [1.29, 1.82) is 0 Å². The third-order valence-corrected chi connectivity index (χ3v) is 3.32. The molecule has 0 aromatic heterocycles. The van der Waals surface area contributed by atoms with Crippen LogP contribution >= 0.6 is 0 Å². The van der Waals surface area contributed by atoms with Crippen molar-refractivity contribution in [1.82, 2.24) is 0 Å². The van der Waals surface area contributed by atoms with Crippen molar-refractivity contribution >= 4 is 5.78 Å². The van der Waals surface area contributed by atoms with Gasteiger partial charge in [-0.05, 0) is 31.1 Å². The van der Waals surface area contributed by atoms with Gasteiger partial charge >= 0.3 is 0 Å². The number of allylic oxidation sites excluding steroid dienone is 2. The van der Waals surface area contributed by atoms with Gasteiger partial charge in [-0.25, -0.2) is 0 Å². The molecule has 4 atom stereocenters. The highest BCUT2D eigenvalue weighted by atomic mass is 16.1. The van der Waals surface area contributed by atoms with Gasteiger partial charge in [0.25, 0.3) is 0 Å². The number of fused-ring (bicyclic) bond motifs is 2. The second kappa shape index (κ2) is 2.20. The molecule has 1 heteroatoms. The van der Waals surface area contributed by atoms with Gasteiger partial charge in [0.15, 0.2) is 0 Å². The van der Waals surface area contributed by atoms with Crippen LogP contribution in [-0.2, 0) is 4.79 Å². The second-order valence-corrected chi connectivity index (χ2v) is 3.94. The summed E-state index contributed by atoms with van der Waals surface area (Å²) < 4.78 is 0. The van der Waals surface area contributed by atoms with E-state index in [9.17, 15) is 4.79 Å². The lowest BCUT2D eigenvalue weighted by atomic mass is 9.82. The Labute approximate surface area is 67.5 Å². The van der Waals surface area contributed by atoms with Gasteiger partial charge in [0.05, 0.1) is 0 Å². The van der Waals surface area contributed by atoms with Crippen LogP contribution in [0.5, 0.6) is 0 Å². The average Bonchev–Trinajstić information content (AvgIpc) is 2.44. The Morgan fingerprint density at radius 1 is 1.36 bits per heavy atom. The highest BCUT2D eigenvalue weighted by Gasteiger charge is 2.43. The summed E-state index contributed by atoms with van der Waals surface area (Å²) in [5.74, 6) is 2.60. The fourth-order valence-electron chi connectivity index (χ4n) is 2.74. The molecule has 1 saturated carbocycles. The summed E-state index contributed by atoms with van der Waals surface area (Å²) in [6.45, 7) is 3.94. The minimum atomic E-state index is 0.338. The first kappa shape index (κ1) is 7.08. The number of rotatable bonds is 1. The van der Waals surface area contributed by atoms with Gasteiger partial charge in [0.2, 0.25) is 0 Å². The normalized spacial score (nSPS) is 46.7. The quantitative estimate of drug-likeness (QED) is 0.523. The van der Waals surface area contributed by atoms with Gasteiger partial charge < -0.3 is 0 Å². The molecule has 0 aromatic rings. The SMILES string of the molecule is CC(=O)[C@@H]1[C@@H](C)[C@@H]2C=C[C@H]1C2. The number of ketones is 1. The maximum Gasteiger partial charge on any atom is 0.133 e. The molecular weight excluding hydrogens is 136 g/mol. The number of carbonyl (C=O) groups excluding carboxylic acids is 1. The maximum atomic E-state index is 11.2. The van der Waals surface area contributed by atoms with Crippen molar-refractivity contribution in [2.24, 2.45) is 23.7 Å². The molecule has 0 unspecified atom stereocenters. The van der Waals surface area contributed by atoms with E-state index in [1.165, 1.54) is 6.42 Å². The number of Topliss-reactive ketones (excluding diaryl/α,β-unsaturated/α-hetero) is 1. The molecule has 60 valence electrons. The third kappa shape index (κ3) is 0.867. The van der Waals surface area contributed by atoms with Crippen molar-refractivity contribution in [2.75, 3.05) is 0 Å². The molecule has 2 bridgehead atoms. The molecule has 0 aromatic carbocycles. The van der Waals surface area contributed by atoms with Crippen molar-refractivity contribution < 1.29 is 4.79 Å². The molecule has 0 heterocycles. The van der Waals surface area contributed by atoms with Gasteiger partial charge in [-0.3, -0.25) is 4.79 Å². The van der Waals surface area contributed by atoms with E-state index in [0.717, 1.165) is 0 Å². The molecule has 2 aliphatic carbocycles. The predicted octanol–water partition coefficient (Wildman–Crippen LogP) is 2.03. The smallest absolute Gasteiger partial charge is 0.133 e. The zero-order valence-electron chi connectivity index (χ0n) is 7.08. The van der Waals surface area contributed by atoms with Crippen LogP contribution < -0.4 is 0 Å². The standard InChI is InChI=1S/C10H14O/c1-6-8-3-4-9(5-8)10(6)7(2)11/h3-4,6,8-10H,5H2,1-2H3/t6-,8+,9-,10-/m0/s1. The van der Waals surface area contributed by atoms with E-state index in [1.54, 1.807) is 6.92 Å². The highest BCUT2D eigenvalue weighted by Crippen LogP contribution is 2.47. The molecule has 1 nitrogen and oxygen atoms in total. The Morgan fingerprint density at radius 2 is 2.00 bits per heavy atom. The van der Waals surface area contributed by atoms with E-state index in [4.69, 9.17) is 0 Å². The van der Waals surface area contributed by atoms with E-state index in [-0.39, 0.29) is 0 Å². The minimum absolute atomic E-state index is 0.338. The summed E-state index contributed by atoms with van der Waals surface area (Å²) in [5.41, 5.74) is 0. The summed E-state index contributed by atoms with van der Waals surface area (Å²) in [4.78, 5) is 11.2. The fourth-order valence-corrected chi connectivity index (χ4v) is 2.74. The first-order chi connectivity index (χ1) is 5.20. The topological polar surface area (TPSA) is 17.1 Å². The summed E-state index contributed by atoms with van der Waals surface area (Å²) in [7, 11) is 0. The lowest BCUT2D eigenvalue weighted by molar-refractivity contribution is -0.122. The zero-order chi connectivity index (χ0) is 8.01. The summed E-state index contributed by atoms with van der Waals surface area (Å²) >= 11 is 0.